The zero-order valence-corrected chi connectivity index (χ0v) is 12.5. The molecule has 0 radical (unpaired) electrons. The van der Waals surface area contributed by atoms with Crippen LogP contribution in [0.25, 0.3) is 16.9 Å². The smallest absolute Gasteiger partial charge is 0.267 e. The van der Waals surface area contributed by atoms with E-state index in [4.69, 9.17) is 11.6 Å². The fraction of sp³-hybridized carbons (Fsp3) is 0. The van der Waals surface area contributed by atoms with Crippen LogP contribution in [0.15, 0.2) is 65.5 Å². The maximum absolute atomic E-state index is 12.0. The summed E-state index contributed by atoms with van der Waals surface area (Å²) in [7, 11) is 0. The van der Waals surface area contributed by atoms with Crippen molar-refractivity contribution < 1.29 is 4.92 Å². The Morgan fingerprint density at radius 1 is 1.04 bits per heavy atom. The fourth-order valence-electron chi connectivity index (χ4n) is 2.14. The Bertz CT molecular complexity index is 953. The van der Waals surface area contributed by atoms with Gasteiger partial charge in [0.25, 0.3) is 11.2 Å². The average molecular weight is 328 g/mol. The molecule has 0 bridgehead atoms. The summed E-state index contributed by atoms with van der Waals surface area (Å²) in [4.78, 5) is 22.4. The first-order valence-electron chi connectivity index (χ1n) is 6.66. The van der Waals surface area contributed by atoms with E-state index in [-0.39, 0.29) is 11.2 Å². The van der Waals surface area contributed by atoms with Crippen molar-refractivity contribution in [1.29, 1.82) is 0 Å². The quantitative estimate of drug-likeness (QED) is 0.545. The topological polar surface area (TPSA) is 78.0 Å². The minimum Gasteiger partial charge on any atom is -0.267 e. The zero-order chi connectivity index (χ0) is 16.4. The van der Waals surface area contributed by atoms with Crippen LogP contribution in [0.1, 0.15) is 0 Å². The summed E-state index contributed by atoms with van der Waals surface area (Å²) in [5.41, 5.74) is 1.17. The molecule has 0 spiro atoms. The molecule has 114 valence electrons. The number of nitrogens with zero attached hydrogens (tertiary/aromatic N) is 3. The summed E-state index contributed by atoms with van der Waals surface area (Å²) in [6.45, 7) is 0. The van der Waals surface area contributed by atoms with Crippen molar-refractivity contribution in [2.24, 2.45) is 0 Å². The van der Waals surface area contributed by atoms with Crippen molar-refractivity contribution in [1.82, 2.24) is 9.78 Å². The van der Waals surface area contributed by atoms with Gasteiger partial charge in [0.05, 0.1) is 16.3 Å². The lowest BCUT2D eigenvalue weighted by Crippen LogP contribution is -2.20. The van der Waals surface area contributed by atoms with Crippen LogP contribution in [0.4, 0.5) is 5.69 Å². The van der Waals surface area contributed by atoms with E-state index >= 15 is 0 Å². The molecule has 3 rings (SSSR count). The van der Waals surface area contributed by atoms with Crippen molar-refractivity contribution in [2.75, 3.05) is 0 Å². The van der Waals surface area contributed by atoms with E-state index in [1.165, 1.54) is 28.9 Å². The number of aromatic nitrogens is 2. The highest BCUT2D eigenvalue weighted by Crippen LogP contribution is 2.22. The monoisotopic (exact) mass is 327 g/mol. The Kier molecular flexibility index (Phi) is 3.91. The number of rotatable bonds is 3. The van der Waals surface area contributed by atoms with Gasteiger partial charge in [-0.05, 0) is 24.3 Å². The normalized spacial score (nSPS) is 10.5. The van der Waals surface area contributed by atoms with E-state index in [0.717, 1.165) is 0 Å². The third-order valence-corrected chi connectivity index (χ3v) is 3.44. The molecule has 1 heterocycles. The Labute approximate surface area is 135 Å². The number of benzene rings is 2. The Morgan fingerprint density at radius 2 is 1.83 bits per heavy atom. The lowest BCUT2D eigenvalue weighted by atomic mass is 10.1. The maximum Gasteiger partial charge on any atom is 0.271 e. The van der Waals surface area contributed by atoms with Gasteiger partial charge in [-0.2, -0.15) is 9.78 Å². The van der Waals surface area contributed by atoms with Gasteiger partial charge >= 0.3 is 0 Å². The first-order valence-corrected chi connectivity index (χ1v) is 7.03. The van der Waals surface area contributed by atoms with Gasteiger partial charge in [-0.25, -0.2) is 0 Å². The molecular weight excluding hydrogens is 318 g/mol. The van der Waals surface area contributed by atoms with E-state index < -0.39 is 4.92 Å². The predicted molar refractivity (Wildman–Crippen MR) is 86.9 cm³/mol. The van der Waals surface area contributed by atoms with Gasteiger partial charge in [0.1, 0.15) is 0 Å². The molecule has 0 saturated carbocycles. The predicted octanol–water partition coefficient (Wildman–Crippen LogP) is 3.46. The average Bonchev–Trinajstić information content (AvgIpc) is 2.55. The zero-order valence-electron chi connectivity index (χ0n) is 11.7. The Balaban J connectivity index is 2.13. The van der Waals surface area contributed by atoms with E-state index in [0.29, 0.717) is 22.0 Å². The second-order valence-corrected chi connectivity index (χ2v) is 5.19. The molecule has 0 fully saturated rings. The second-order valence-electron chi connectivity index (χ2n) is 4.76. The number of non-ortho nitro benzene ring substituents is 1. The van der Waals surface area contributed by atoms with Crippen molar-refractivity contribution in [3.63, 3.8) is 0 Å². The first-order chi connectivity index (χ1) is 11.0. The third kappa shape index (κ3) is 3.12. The highest BCUT2D eigenvalue weighted by molar-refractivity contribution is 6.30. The SMILES string of the molecule is O=c1ccc(-c2cccc([N+](=O)[O-])c2)nn1-c1cccc(Cl)c1. The Morgan fingerprint density at radius 3 is 2.57 bits per heavy atom. The van der Waals surface area contributed by atoms with Gasteiger partial charge < -0.3 is 0 Å². The van der Waals surface area contributed by atoms with Gasteiger partial charge in [-0.1, -0.05) is 29.8 Å². The number of hydrogen-bond donors (Lipinski definition) is 0. The van der Waals surface area contributed by atoms with Crippen LogP contribution < -0.4 is 5.56 Å². The first kappa shape index (κ1) is 14.9. The van der Waals surface area contributed by atoms with Crippen molar-refractivity contribution >= 4 is 17.3 Å². The molecule has 0 amide bonds. The van der Waals surface area contributed by atoms with E-state index in [9.17, 15) is 14.9 Å². The minimum atomic E-state index is -0.476. The molecule has 0 unspecified atom stereocenters. The Hall–Kier alpha value is -2.99. The van der Waals surface area contributed by atoms with Gasteiger partial charge in [0, 0.05) is 28.8 Å². The molecular formula is C16H10ClN3O3. The van der Waals surface area contributed by atoms with Gasteiger partial charge in [-0.15, -0.1) is 0 Å². The van der Waals surface area contributed by atoms with E-state index in [1.54, 1.807) is 36.4 Å². The molecule has 0 N–H and O–H groups in total. The van der Waals surface area contributed by atoms with Crippen molar-refractivity contribution in [3.05, 3.63) is 86.2 Å². The molecule has 2 aromatic carbocycles. The largest absolute Gasteiger partial charge is 0.271 e. The molecule has 3 aromatic rings. The summed E-state index contributed by atoms with van der Waals surface area (Å²) < 4.78 is 1.21. The van der Waals surface area contributed by atoms with Crippen LogP contribution in [0, 0.1) is 10.1 Å². The van der Waals surface area contributed by atoms with Crippen LogP contribution >= 0.6 is 11.6 Å². The molecule has 1 aromatic heterocycles. The lowest BCUT2D eigenvalue weighted by molar-refractivity contribution is -0.384. The summed E-state index contributed by atoms with van der Waals surface area (Å²) in [6.07, 6.45) is 0. The summed E-state index contributed by atoms with van der Waals surface area (Å²) in [5, 5.41) is 15.6. The molecule has 0 saturated heterocycles. The van der Waals surface area contributed by atoms with Crippen LogP contribution in [-0.4, -0.2) is 14.7 Å². The molecule has 6 nitrogen and oxygen atoms in total. The lowest BCUT2D eigenvalue weighted by Gasteiger charge is -2.07. The third-order valence-electron chi connectivity index (χ3n) is 3.21. The highest BCUT2D eigenvalue weighted by Gasteiger charge is 2.10. The van der Waals surface area contributed by atoms with Gasteiger partial charge in [-0.3, -0.25) is 14.9 Å². The van der Waals surface area contributed by atoms with Crippen LogP contribution in [0.2, 0.25) is 5.02 Å². The second kappa shape index (κ2) is 6.02. The van der Waals surface area contributed by atoms with Crippen LogP contribution in [0.3, 0.4) is 0 Å². The summed E-state index contributed by atoms with van der Waals surface area (Å²) in [5.74, 6) is 0. The van der Waals surface area contributed by atoms with Crippen LogP contribution in [-0.2, 0) is 0 Å². The van der Waals surface area contributed by atoms with Crippen molar-refractivity contribution in [2.45, 2.75) is 0 Å². The molecule has 0 aliphatic rings. The van der Waals surface area contributed by atoms with E-state index in [1.807, 2.05) is 0 Å². The standard InChI is InChI=1S/C16H10ClN3O3/c17-12-4-2-5-13(10-12)19-16(21)8-7-15(18-19)11-3-1-6-14(9-11)20(22)23/h1-10H. The number of nitro benzene ring substituents is 1. The number of halogens is 1. The van der Waals surface area contributed by atoms with Gasteiger partial charge in [0.15, 0.2) is 0 Å². The molecule has 7 heteroatoms. The van der Waals surface area contributed by atoms with Gasteiger partial charge in [0.2, 0.25) is 0 Å². The number of hydrogen-bond acceptors (Lipinski definition) is 4. The highest BCUT2D eigenvalue weighted by atomic mass is 35.5. The molecule has 0 atom stereocenters. The fourth-order valence-corrected chi connectivity index (χ4v) is 2.32. The molecule has 0 aliphatic carbocycles. The van der Waals surface area contributed by atoms with Crippen LogP contribution in [0.5, 0.6) is 0 Å². The molecule has 0 aliphatic heterocycles. The van der Waals surface area contributed by atoms with Crippen molar-refractivity contribution in [3.8, 4) is 16.9 Å². The summed E-state index contributed by atoms with van der Waals surface area (Å²) >= 11 is 5.94. The maximum atomic E-state index is 12.0. The summed E-state index contributed by atoms with van der Waals surface area (Å²) in [6, 6.07) is 15.7. The minimum absolute atomic E-state index is 0.0372. The molecule has 23 heavy (non-hydrogen) atoms. The number of nitro groups is 1. The van der Waals surface area contributed by atoms with E-state index in [2.05, 4.69) is 5.10 Å².